The third-order valence-corrected chi connectivity index (χ3v) is 3.04. The van der Waals surface area contributed by atoms with Gasteiger partial charge in [0.25, 0.3) is 0 Å². The maximum Gasteiger partial charge on any atom is 0.345 e. The van der Waals surface area contributed by atoms with E-state index in [1.54, 1.807) is 4.90 Å². The number of carbonyl (C=O) groups is 2. The third-order valence-electron chi connectivity index (χ3n) is 3.04. The highest BCUT2D eigenvalue weighted by Crippen LogP contribution is 2.27. The quantitative estimate of drug-likeness (QED) is 0.511. The zero-order valence-electron chi connectivity index (χ0n) is 9.30. The first kappa shape index (κ1) is 10.9. The van der Waals surface area contributed by atoms with Crippen LogP contribution < -0.4 is 5.32 Å². The lowest BCUT2D eigenvalue weighted by Gasteiger charge is -2.30. The highest BCUT2D eigenvalue weighted by atomic mass is 16.5. The van der Waals surface area contributed by atoms with Crippen LogP contribution >= 0.6 is 0 Å². The Morgan fingerprint density at radius 2 is 2.38 bits per heavy atom. The van der Waals surface area contributed by atoms with Crippen LogP contribution in [0.1, 0.15) is 13.8 Å². The van der Waals surface area contributed by atoms with Crippen LogP contribution in [0.4, 0.5) is 4.79 Å². The van der Waals surface area contributed by atoms with Gasteiger partial charge in [-0.3, -0.25) is 10.0 Å². The van der Waals surface area contributed by atoms with Crippen molar-refractivity contribution in [1.29, 1.82) is 0 Å². The summed E-state index contributed by atoms with van der Waals surface area (Å²) >= 11 is 0. The summed E-state index contributed by atoms with van der Waals surface area (Å²) in [5.74, 6) is -0.123. The van der Waals surface area contributed by atoms with Gasteiger partial charge in [0.15, 0.2) is 0 Å². The molecule has 2 aliphatic heterocycles. The minimum Gasteiger partial charge on any atom is -0.354 e. The van der Waals surface area contributed by atoms with E-state index in [1.807, 2.05) is 13.0 Å². The number of hydrogen-bond donors (Lipinski definition) is 2. The third kappa shape index (κ3) is 1.65. The molecular weight excluding hydrogens is 210 g/mol. The van der Waals surface area contributed by atoms with Crippen molar-refractivity contribution in [3.05, 3.63) is 11.6 Å². The predicted octanol–water partition coefficient (Wildman–Crippen LogP) is -0.0536. The van der Waals surface area contributed by atoms with Gasteiger partial charge < -0.3 is 10.2 Å². The molecule has 0 unspecified atom stereocenters. The predicted molar refractivity (Wildman–Crippen MR) is 55.7 cm³/mol. The van der Waals surface area contributed by atoms with Gasteiger partial charge in [-0.2, -0.15) is 5.06 Å². The first-order chi connectivity index (χ1) is 7.50. The van der Waals surface area contributed by atoms with E-state index in [1.165, 1.54) is 6.92 Å². The average molecular weight is 225 g/mol. The Hall–Kier alpha value is -1.56. The van der Waals surface area contributed by atoms with Crippen molar-refractivity contribution in [3.8, 4) is 0 Å². The molecule has 6 heteroatoms. The van der Waals surface area contributed by atoms with Crippen LogP contribution in [0, 0.1) is 0 Å². The Labute approximate surface area is 93.5 Å². The number of fused-ring (bicyclic) bond motifs is 2. The Morgan fingerprint density at radius 3 is 3.00 bits per heavy atom. The van der Waals surface area contributed by atoms with Gasteiger partial charge >= 0.3 is 6.03 Å². The summed E-state index contributed by atoms with van der Waals surface area (Å²) in [5.41, 5.74) is 0.995. The molecule has 0 saturated carbocycles. The second kappa shape index (κ2) is 3.79. The number of amides is 3. The van der Waals surface area contributed by atoms with Crippen molar-refractivity contribution in [2.75, 3.05) is 13.1 Å². The normalized spacial score (nSPS) is 28.2. The molecule has 1 fully saturated rings. The summed E-state index contributed by atoms with van der Waals surface area (Å²) in [4.78, 5) is 24.1. The van der Waals surface area contributed by atoms with Crippen LogP contribution in [0.25, 0.3) is 0 Å². The highest BCUT2D eigenvalue weighted by molar-refractivity contribution is 5.78. The van der Waals surface area contributed by atoms with Crippen molar-refractivity contribution in [2.45, 2.75) is 25.9 Å². The number of rotatable bonds is 2. The topological polar surface area (TPSA) is 72.9 Å². The molecule has 0 spiro atoms. The van der Waals surface area contributed by atoms with Crippen LogP contribution in [-0.4, -0.2) is 52.3 Å². The first-order valence-electron chi connectivity index (χ1n) is 5.22. The van der Waals surface area contributed by atoms with Gasteiger partial charge in [-0.15, -0.1) is 0 Å². The summed E-state index contributed by atoms with van der Waals surface area (Å²) in [7, 11) is 0. The molecule has 2 aliphatic rings. The largest absolute Gasteiger partial charge is 0.354 e. The number of hydrogen-bond acceptors (Lipinski definition) is 3. The number of nitrogens with one attached hydrogen (secondary N) is 1. The lowest BCUT2D eigenvalue weighted by molar-refractivity contribution is -0.119. The summed E-state index contributed by atoms with van der Waals surface area (Å²) in [5, 5.41) is 12.9. The summed E-state index contributed by atoms with van der Waals surface area (Å²) < 4.78 is 0. The summed E-state index contributed by atoms with van der Waals surface area (Å²) in [6, 6.07) is -0.792. The Morgan fingerprint density at radius 1 is 1.69 bits per heavy atom. The molecule has 2 atom stereocenters. The number of nitrogens with zero attached hydrogens (tertiary/aromatic N) is 2. The maximum atomic E-state index is 11.6. The van der Waals surface area contributed by atoms with E-state index in [-0.39, 0.29) is 18.0 Å². The van der Waals surface area contributed by atoms with Crippen LogP contribution in [0.3, 0.4) is 0 Å². The second-order valence-electron chi connectivity index (χ2n) is 4.21. The monoisotopic (exact) mass is 225 g/mol. The van der Waals surface area contributed by atoms with E-state index in [4.69, 9.17) is 0 Å². The minimum absolute atomic E-state index is 0.123. The molecule has 2 rings (SSSR count). The van der Waals surface area contributed by atoms with Crippen molar-refractivity contribution in [2.24, 2.45) is 0 Å². The lowest BCUT2D eigenvalue weighted by atomic mass is 10.0. The second-order valence-corrected chi connectivity index (χ2v) is 4.21. The average Bonchev–Trinajstić information content (AvgIpc) is 2.44. The SMILES string of the molecule is CC(=O)NC[C@@H]1C(C)=C[C@@H]2CN1C(=O)N2O. The molecule has 0 aliphatic carbocycles. The molecule has 6 nitrogen and oxygen atoms in total. The van der Waals surface area contributed by atoms with Crippen molar-refractivity contribution >= 4 is 11.9 Å². The van der Waals surface area contributed by atoms with Gasteiger partial charge in [-0.1, -0.05) is 11.6 Å². The Balaban J connectivity index is 2.14. The van der Waals surface area contributed by atoms with Crippen LogP contribution in [-0.2, 0) is 4.79 Å². The standard InChI is InChI=1S/C10H15N3O3/c1-6-3-8-5-12(10(15)13(8)16)9(6)4-11-7(2)14/h3,8-9,16H,4-5H2,1-2H3,(H,11,14)/t8-,9-/m1/s1. The number of urea groups is 1. The number of hydroxylamine groups is 2. The molecule has 0 radical (unpaired) electrons. The summed E-state index contributed by atoms with van der Waals surface area (Å²) in [6.45, 7) is 4.22. The molecule has 2 heterocycles. The molecule has 16 heavy (non-hydrogen) atoms. The molecule has 2 N–H and O–H groups in total. The lowest BCUT2D eigenvalue weighted by Crippen LogP contribution is -2.46. The van der Waals surface area contributed by atoms with E-state index in [0.717, 1.165) is 10.6 Å². The molecule has 0 aromatic rings. The van der Waals surface area contributed by atoms with Gasteiger partial charge in [0.05, 0.1) is 12.1 Å². The van der Waals surface area contributed by atoms with Crippen LogP contribution in [0.5, 0.6) is 0 Å². The molecule has 88 valence electrons. The highest BCUT2D eigenvalue weighted by Gasteiger charge is 2.43. The van der Waals surface area contributed by atoms with E-state index >= 15 is 0 Å². The number of carbonyl (C=O) groups excluding carboxylic acids is 2. The molecular formula is C10H15N3O3. The van der Waals surface area contributed by atoms with Crippen molar-refractivity contribution in [1.82, 2.24) is 15.3 Å². The fourth-order valence-electron chi connectivity index (χ4n) is 2.19. The van der Waals surface area contributed by atoms with Crippen molar-refractivity contribution in [3.63, 3.8) is 0 Å². The molecule has 3 amide bonds. The van der Waals surface area contributed by atoms with Crippen molar-refractivity contribution < 1.29 is 14.8 Å². The fraction of sp³-hybridized carbons (Fsp3) is 0.600. The van der Waals surface area contributed by atoms with Gasteiger partial charge in [0.2, 0.25) is 5.91 Å². The van der Waals surface area contributed by atoms with Gasteiger partial charge in [0, 0.05) is 20.0 Å². The zero-order valence-corrected chi connectivity index (χ0v) is 9.30. The van der Waals surface area contributed by atoms with E-state index in [2.05, 4.69) is 5.32 Å². The molecule has 0 aromatic heterocycles. The van der Waals surface area contributed by atoms with E-state index < -0.39 is 6.03 Å². The van der Waals surface area contributed by atoms with E-state index in [9.17, 15) is 14.8 Å². The van der Waals surface area contributed by atoms with Crippen LogP contribution in [0.2, 0.25) is 0 Å². The Bertz CT molecular complexity index is 366. The molecule has 2 bridgehead atoms. The first-order valence-corrected chi connectivity index (χ1v) is 5.22. The maximum absolute atomic E-state index is 11.6. The fourth-order valence-corrected chi connectivity index (χ4v) is 2.19. The molecule has 0 aromatic carbocycles. The van der Waals surface area contributed by atoms with E-state index in [0.29, 0.717) is 13.1 Å². The minimum atomic E-state index is -0.395. The zero-order chi connectivity index (χ0) is 11.9. The van der Waals surface area contributed by atoms with Gasteiger partial charge in [-0.25, -0.2) is 4.79 Å². The molecule has 1 saturated heterocycles. The van der Waals surface area contributed by atoms with Gasteiger partial charge in [-0.05, 0) is 6.92 Å². The Kier molecular flexibility index (Phi) is 2.59. The van der Waals surface area contributed by atoms with Gasteiger partial charge in [0.1, 0.15) is 0 Å². The smallest absolute Gasteiger partial charge is 0.345 e. The van der Waals surface area contributed by atoms with Crippen LogP contribution in [0.15, 0.2) is 11.6 Å². The summed E-state index contributed by atoms with van der Waals surface area (Å²) in [6.07, 6.45) is 1.87.